The van der Waals surface area contributed by atoms with Gasteiger partial charge >= 0.3 is 5.76 Å². The predicted molar refractivity (Wildman–Crippen MR) is 132 cm³/mol. The number of halogens is 2. The molecule has 198 valence electrons. The van der Waals surface area contributed by atoms with Crippen LogP contribution in [0.1, 0.15) is 42.5 Å². The molecule has 39 heavy (non-hydrogen) atoms. The Kier molecular flexibility index (Phi) is 6.35. The molecular weight excluding hydrogens is 516 g/mol. The third-order valence-electron chi connectivity index (χ3n) is 5.95. The first kappa shape index (κ1) is 25.3. The van der Waals surface area contributed by atoms with E-state index >= 15 is 0 Å². The maximum atomic E-state index is 14.4. The van der Waals surface area contributed by atoms with Gasteiger partial charge in [-0.2, -0.15) is 5.10 Å². The number of benzene rings is 2. The lowest BCUT2D eigenvalue weighted by atomic mass is 10.1. The van der Waals surface area contributed by atoms with Crippen molar-refractivity contribution in [1.29, 1.82) is 0 Å². The summed E-state index contributed by atoms with van der Waals surface area (Å²) in [6.45, 7) is -0.0927. The largest absolute Gasteiger partial charge is 0.419 e. The number of oxazole rings is 1. The fourth-order valence-corrected chi connectivity index (χ4v) is 3.91. The summed E-state index contributed by atoms with van der Waals surface area (Å²) in [5.74, 6) is -4.58. The minimum absolute atomic E-state index is 0.0387. The van der Waals surface area contributed by atoms with Crippen LogP contribution in [0.3, 0.4) is 0 Å². The summed E-state index contributed by atoms with van der Waals surface area (Å²) >= 11 is 0. The van der Waals surface area contributed by atoms with Gasteiger partial charge in [-0.1, -0.05) is 12.1 Å². The molecule has 0 radical (unpaired) electrons. The van der Waals surface area contributed by atoms with E-state index in [1.807, 2.05) is 0 Å². The molecule has 0 saturated heterocycles. The summed E-state index contributed by atoms with van der Waals surface area (Å²) in [6.07, 6.45) is 0.852. The zero-order chi connectivity index (χ0) is 27.8. The fourth-order valence-electron chi connectivity index (χ4n) is 3.91. The van der Waals surface area contributed by atoms with Gasteiger partial charge in [-0.05, 0) is 35.4 Å². The number of aryl methyl sites for hydroxylation is 1. The van der Waals surface area contributed by atoms with E-state index in [1.54, 1.807) is 25.2 Å². The summed E-state index contributed by atoms with van der Waals surface area (Å²) in [6, 6.07) is 9.68. The lowest BCUT2D eigenvalue weighted by molar-refractivity contribution is 0.0941. The van der Waals surface area contributed by atoms with Crippen LogP contribution >= 0.6 is 0 Å². The van der Waals surface area contributed by atoms with E-state index in [9.17, 15) is 28.0 Å². The van der Waals surface area contributed by atoms with Crippen molar-refractivity contribution >= 4 is 34.5 Å². The molecule has 3 amide bonds. The zero-order valence-corrected chi connectivity index (χ0v) is 20.2. The van der Waals surface area contributed by atoms with Gasteiger partial charge in [-0.3, -0.25) is 19.0 Å². The van der Waals surface area contributed by atoms with Gasteiger partial charge in [0.15, 0.2) is 17.0 Å². The maximum absolute atomic E-state index is 14.4. The number of nitrogens with zero attached hydrogens (tertiary/aromatic N) is 4. The molecule has 5 aromatic rings. The molecule has 5 rings (SSSR count). The molecule has 3 aromatic heterocycles. The molecule has 14 heteroatoms. The van der Waals surface area contributed by atoms with Gasteiger partial charge in [0.25, 0.3) is 17.7 Å². The molecular formula is C25H19F2N7O5. The first-order valence-electron chi connectivity index (χ1n) is 11.4. The van der Waals surface area contributed by atoms with Crippen molar-refractivity contribution in [2.45, 2.75) is 13.1 Å². The fraction of sp³-hybridized carbons (Fsp3) is 0.120. The van der Waals surface area contributed by atoms with Crippen LogP contribution in [-0.2, 0) is 20.1 Å². The molecule has 0 saturated carbocycles. The van der Waals surface area contributed by atoms with Crippen molar-refractivity contribution in [2.24, 2.45) is 12.8 Å². The van der Waals surface area contributed by atoms with E-state index in [0.29, 0.717) is 22.2 Å². The van der Waals surface area contributed by atoms with Gasteiger partial charge in [0.2, 0.25) is 0 Å². The molecule has 0 unspecified atom stereocenters. The molecule has 0 aliphatic rings. The smallest absolute Gasteiger partial charge is 0.408 e. The Labute approximate surface area is 217 Å². The second-order valence-corrected chi connectivity index (χ2v) is 8.53. The number of primary amides is 1. The average molecular weight is 535 g/mol. The Morgan fingerprint density at radius 2 is 1.67 bits per heavy atom. The summed E-state index contributed by atoms with van der Waals surface area (Å²) in [7, 11) is 1.55. The van der Waals surface area contributed by atoms with Crippen molar-refractivity contribution in [1.82, 2.24) is 29.8 Å². The zero-order valence-electron chi connectivity index (χ0n) is 20.2. The number of aromatic nitrogens is 4. The molecule has 2 aromatic carbocycles. The molecule has 0 bridgehead atoms. The van der Waals surface area contributed by atoms with Gasteiger partial charge in [-0.15, -0.1) is 0 Å². The molecule has 0 spiro atoms. The van der Waals surface area contributed by atoms with Crippen LogP contribution in [0.2, 0.25) is 0 Å². The number of hydrogen-bond donors (Lipinski definition) is 3. The Bertz CT molecular complexity index is 1860. The number of rotatable bonds is 7. The summed E-state index contributed by atoms with van der Waals surface area (Å²) < 4.78 is 35.4. The van der Waals surface area contributed by atoms with Crippen LogP contribution in [0.5, 0.6) is 0 Å². The Morgan fingerprint density at radius 3 is 2.41 bits per heavy atom. The van der Waals surface area contributed by atoms with Crippen LogP contribution < -0.4 is 22.1 Å². The maximum Gasteiger partial charge on any atom is 0.419 e. The van der Waals surface area contributed by atoms with Crippen LogP contribution in [-0.4, -0.2) is 36.9 Å². The molecule has 4 N–H and O–H groups in total. The van der Waals surface area contributed by atoms with E-state index in [2.05, 4.69) is 20.7 Å². The standard InChI is InChI=1S/C25H19F2N7O5/c1-33-18-7-13(3-5-20(18)39-25(33)38)10-29-23(36)17-8-19(34-22(32-17)16(27)11-31-34)24(37)30-9-12-2-4-15(26)14(6-12)21(28)35/h2-8,11H,9-10H2,1H3,(H2,28,35)(H,29,36)(H,30,37). The minimum Gasteiger partial charge on any atom is -0.408 e. The highest BCUT2D eigenvalue weighted by Crippen LogP contribution is 2.16. The topological polar surface area (TPSA) is 167 Å². The monoisotopic (exact) mass is 535 g/mol. The molecule has 0 atom stereocenters. The van der Waals surface area contributed by atoms with Gasteiger partial charge in [0.05, 0.1) is 17.3 Å². The number of fused-ring (bicyclic) bond motifs is 2. The molecule has 0 aliphatic carbocycles. The highest BCUT2D eigenvalue weighted by atomic mass is 19.1. The van der Waals surface area contributed by atoms with Crippen LogP contribution in [0.4, 0.5) is 8.78 Å². The quantitative estimate of drug-likeness (QED) is 0.283. The molecule has 12 nitrogen and oxygen atoms in total. The number of nitrogens with one attached hydrogen (secondary N) is 2. The van der Waals surface area contributed by atoms with Gasteiger partial charge in [-0.25, -0.2) is 23.1 Å². The SMILES string of the molecule is Cn1c(=O)oc2ccc(CNC(=O)c3cc(C(=O)NCc4ccc(F)c(C(N)=O)c4)n4ncc(F)c4n3)cc21. The number of hydrogen-bond acceptors (Lipinski definition) is 7. The van der Waals surface area contributed by atoms with E-state index in [0.717, 1.165) is 22.8 Å². The highest BCUT2D eigenvalue weighted by Gasteiger charge is 2.20. The molecule has 3 heterocycles. The summed E-state index contributed by atoms with van der Waals surface area (Å²) in [5.41, 5.74) is 5.99. The third-order valence-corrected chi connectivity index (χ3v) is 5.95. The van der Waals surface area contributed by atoms with Crippen molar-refractivity contribution in [3.63, 3.8) is 0 Å². The van der Waals surface area contributed by atoms with Crippen LogP contribution in [0.25, 0.3) is 16.7 Å². The Balaban J connectivity index is 1.37. The van der Waals surface area contributed by atoms with Crippen LogP contribution in [0.15, 0.2) is 57.9 Å². The average Bonchev–Trinajstić information content (AvgIpc) is 3.44. The first-order chi connectivity index (χ1) is 18.6. The van der Waals surface area contributed by atoms with Crippen molar-refractivity contribution < 1.29 is 27.6 Å². The van der Waals surface area contributed by atoms with E-state index in [-0.39, 0.29) is 35.7 Å². The normalized spacial score (nSPS) is 11.2. The third kappa shape index (κ3) is 4.82. The number of carbonyl (C=O) groups excluding carboxylic acids is 3. The molecule has 0 aliphatic heterocycles. The second-order valence-electron chi connectivity index (χ2n) is 8.53. The molecule has 0 fully saturated rings. The van der Waals surface area contributed by atoms with Gasteiger partial charge < -0.3 is 20.8 Å². The predicted octanol–water partition coefficient (Wildman–Crippen LogP) is 1.41. The number of nitrogens with two attached hydrogens (primary N) is 1. The van der Waals surface area contributed by atoms with Crippen LogP contribution in [0, 0.1) is 11.6 Å². The Hall–Kier alpha value is -5.40. The van der Waals surface area contributed by atoms with Crippen molar-refractivity contribution in [3.8, 4) is 0 Å². The Morgan fingerprint density at radius 1 is 0.974 bits per heavy atom. The first-order valence-corrected chi connectivity index (χ1v) is 11.4. The summed E-state index contributed by atoms with van der Waals surface area (Å²) in [4.78, 5) is 53.0. The summed E-state index contributed by atoms with van der Waals surface area (Å²) in [5, 5.41) is 9.02. The van der Waals surface area contributed by atoms with Gasteiger partial charge in [0, 0.05) is 26.2 Å². The second kappa shape index (κ2) is 9.81. The number of carbonyl (C=O) groups is 3. The van der Waals surface area contributed by atoms with E-state index < -0.39 is 35.1 Å². The number of amides is 3. The van der Waals surface area contributed by atoms with E-state index in [4.69, 9.17) is 10.2 Å². The lowest BCUT2D eigenvalue weighted by Gasteiger charge is -2.10. The minimum atomic E-state index is -0.965. The lowest BCUT2D eigenvalue weighted by Crippen LogP contribution is -2.28. The van der Waals surface area contributed by atoms with Gasteiger partial charge in [0.1, 0.15) is 17.2 Å². The van der Waals surface area contributed by atoms with Crippen molar-refractivity contribution in [2.75, 3.05) is 0 Å². The van der Waals surface area contributed by atoms with E-state index in [1.165, 1.54) is 16.7 Å². The highest BCUT2D eigenvalue weighted by molar-refractivity contribution is 5.98. The van der Waals surface area contributed by atoms with Crippen molar-refractivity contribution in [3.05, 3.63) is 98.9 Å².